The van der Waals surface area contributed by atoms with Crippen LogP contribution in [0, 0.1) is 6.92 Å². The van der Waals surface area contributed by atoms with Gasteiger partial charge in [0, 0.05) is 32.4 Å². The molecule has 0 spiro atoms. The number of amides is 1. The van der Waals surface area contributed by atoms with Crippen molar-refractivity contribution in [2.24, 2.45) is 5.73 Å². The number of hydrogen-bond acceptors (Lipinski definition) is 3. The second kappa shape index (κ2) is 5.40. The third-order valence-corrected chi connectivity index (χ3v) is 3.52. The number of carbonyl (C=O) groups excluding carboxylic acids is 1. The summed E-state index contributed by atoms with van der Waals surface area (Å²) in [5.74, 6) is 0.121. The molecule has 1 aromatic rings. The van der Waals surface area contributed by atoms with E-state index in [1.54, 1.807) is 4.90 Å². The third-order valence-electron chi connectivity index (χ3n) is 3.52. The van der Waals surface area contributed by atoms with Gasteiger partial charge in [-0.15, -0.1) is 0 Å². The zero-order chi connectivity index (χ0) is 13.1. The van der Waals surface area contributed by atoms with E-state index in [0.29, 0.717) is 6.54 Å². The summed E-state index contributed by atoms with van der Waals surface area (Å²) >= 11 is 0. The van der Waals surface area contributed by atoms with Crippen LogP contribution in [0.4, 0.5) is 5.69 Å². The molecule has 4 nitrogen and oxygen atoms in total. The minimum atomic E-state index is -0.236. The lowest BCUT2D eigenvalue weighted by Gasteiger charge is -2.30. The maximum Gasteiger partial charge on any atom is 0.246 e. The first-order chi connectivity index (χ1) is 8.63. The van der Waals surface area contributed by atoms with E-state index in [0.717, 1.165) is 25.2 Å². The predicted molar refractivity (Wildman–Crippen MR) is 73.6 cm³/mol. The Morgan fingerprint density at radius 1 is 1.28 bits per heavy atom. The molecule has 0 saturated carbocycles. The maximum atomic E-state index is 12.2. The summed E-state index contributed by atoms with van der Waals surface area (Å²) in [5.41, 5.74) is 8.10. The highest BCUT2D eigenvalue weighted by molar-refractivity contribution is 5.86. The Balaban J connectivity index is 2.29. The van der Waals surface area contributed by atoms with Crippen molar-refractivity contribution in [1.29, 1.82) is 0 Å². The molecule has 1 unspecified atom stereocenters. The van der Waals surface area contributed by atoms with Crippen LogP contribution >= 0.6 is 0 Å². The standard InChI is InChI=1S/C14H21N3O/c1-11-4-6-12(7-5-11)17-9-3-8-16(2)14(18)13(17)10-15/h4-7,13H,3,8-10,15H2,1-2H3. The highest BCUT2D eigenvalue weighted by atomic mass is 16.2. The van der Waals surface area contributed by atoms with Crippen LogP contribution in [-0.4, -0.2) is 43.5 Å². The summed E-state index contributed by atoms with van der Waals surface area (Å²) in [6.07, 6.45) is 0.979. The Morgan fingerprint density at radius 2 is 1.94 bits per heavy atom. The molecule has 0 aliphatic carbocycles. The number of aryl methyl sites for hydroxylation is 1. The lowest BCUT2D eigenvalue weighted by molar-refractivity contribution is -0.130. The Morgan fingerprint density at radius 3 is 2.56 bits per heavy atom. The normalized spacial score (nSPS) is 21.1. The molecule has 1 aliphatic rings. The topological polar surface area (TPSA) is 49.6 Å². The van der Waals surface area contributed by atoms with Crippen LogP contribution in [0.1, 0.15) is 12.0 Å². The fourth-order valence-corrected chi connectivity index (χ4v) is 2.41. The number of nitrogens with two attached hydrogens (primary N) is 1. The molecule has 1 saturated heterocycles. The number of carbonyl (C=O) groups is 1. The largest absolute Gasteiger partial charge is 0.358 e. The highest BCUT2D eigenvalue weighted by Crippen LogP contribution is 2.21. The molecule has 0 bridgehead atoms. The summed E-state index contributed by atoms with van der Waals surface area (Å²) < 4.78 is 0. The zero-order valence-corrected chi connectivity index (χ0v) is 11.1. The fourth-order valence-electron chi connectivity index (χ4n) is 2.41. The van der Waals surface area contributed by atoms with Crippen molar-refractivity contribution < 1.29 is 4.79 Å². The molecular weight excluding hydrogens is 226 g/mol. The van der Waals surface area contributed by atoms with Gasteiger partial charge in [0.05, 0.1) is 0 Å². The van der Waals surface area contributed by atoms with Gasteiger partial charge in [0.1, 0.15) is 6.04 Å². The Bertz CT molecular complexity index is 416. The van der Waals surface area contributed by atoms with Gasteiger partial charge in [-0.3, -0.25) is 4.79 Å². The van der Waals surface area contributed by atoms with Crippen molar-refractivity contribution in [2.75, 3.05) is 31.6 Å². The molecule has 4 heteroatoms. The van der Waals surface area contributed by atoms with Gasteiger partial charge in [0.15, 0.2) is 0 Å². The van der Waals surface area contributed by atoms with E-state index in [1.165, 1.54) is 5.56 Å². The second-order valence-electron chi connectivity index (χ2n) is 4.89. The molecule has 2 rings (SSSR count). The van der Waals surface area contributed by atoms with E-state index in [-0.39, 0.29) is 11.9 Å². The molecular formula is C14H21N3O. The van der Waals surface area contributed by atoms with Crippen molar-refractivity contribution in [3.8, 4) is 0 Å². The first-order valence-electron chi connectivity index (χ1n) is 6.42. The molecule has 1 atom stereocenters. The first-order valence-corrected chi connectivity index (χ1v) is 6.42. The Hall–Kier alpha value is -1.55. The van der Waals surface area contributed by atoms with E-state index in [9.17, 15) is 4.79 Å². The summed E-state index contributed by atoms with van der Waals surface area (Å²) in [4.78, 5) is 16.1. The molecule has 1 aliphatic heterocycles. The average molecular weight is 247 g/mol. The van der Waals surface area contributed by atoms with Crippen LogP contribution < -0.4 is 10.6 Å². The number of rotatable bonds is 2. The molecule has 0 aromatic heterocycles. The molecule has 0 radical (unpaired) electrons. The molecule has 1 fully saturated rings. The summed E-state index contributed by atoms with van der Waals surface area (Å²) in [5, 5.41) is 0. The minimum Gasteiger partial charge on any atom is -0.358 e. The number of benzene rings is 1. The predicted octanol–water partition coefficient (Wildman–Crippen LogP) is 0.991. The number of nitrogens with zero attached hydrogens (tertiary/aromatic N) is 2. The van der Waals surface area contributed by atoms with E-state index >= 15 is 0 Å². The quantitative estimate of drug-likeness (QED) is 0.848. The van der Waals surface area contributed by atoms with Gasteiger partial charge in [0.2, 0.25) is 5.91 Å². The Kier molecular flexibility index (Phi) is 3.87. The average Bonchev–Trinajstić information content (AvgIpc) is 2.51. The van der Waals surface area contributed by atoms with Gasteiger partial charge in [0.25, 0.3) is 0 Å². The number of likely N-dealkylation sites (N-methyl/N-ethyl adjacent to an activating group) is 1. The SMILES string of the molecule is Cc1ccc(N2CCCN(C)C(=O)C2CN)cc1. The summed E-state index contributed by atoms with van der Waals surface area (Å²) in [6, 6.07) is 8.04. The van der Waals surface area contributed by atoms with Crippen LogP contribution in [0.25, 0.3) is 0 Å². The van der Waals surface area contributed by atoms with Crippen molar-refractivity contribution in [3.63, 3.8) is 0 Å². The van der Waals surface area contributed by atoms with E-state index < -0.39 is 0 Å². The van der Waals surface area contributed by atoms with Gasteiger partial charge >= 0.3 is 0 Å². The van der Waals surface area contributed by atoms with Crippen molar-refractivity contribution >= 4 is 11.6 Å². The van der Waals surface area contributed by atoms with Gasteiger partial charge in [-0.2, -0.15) is 0 Å². The summed E-state index contributed by atoms with van der Waals surface area (Å²) in [6.45, 7) is 4.10. The van der Waals surface area contributed by atoms with Crippen molar-refractivity contribution in [2.45, 2.75) is 19.4 Å². The second-order valence-corrected chi connectivity index (χ2v) is 4.89. The molecule has 2 N–H and O–H groups in total. The Labute approximate surface area is 108 Å². The molecule has 1 amide bonds. The molecule has 98 valence electrons. The molecule has 18 heavy (non-hydrogen) atoms. The monoisotopic (exact) mass is 247 g/mol. The third kappa shape index (κ3) is 2.48. The van der Waals surface area contributed by atoms with Crippen LogP contribution in [0.2, 0.25) is 0 Å². The number of anilines is 1. The highest BCUT2D eigenvalue weighted by Gasteiger charge is 2.29. The van der Waals surface area contributed by atoms with Crippen molar-refractivity contribution in [1.82, 2.24) is 4.90 Å². The first kappa shape index (κ1) is 12.9. The van der Waals surface area contributed by atoms with E-state index in [4.69, 9.17) is 5.73 Å². The van der Waals surface area contributed by atoms with Gasteiger partial charge in [-0.1, -0.05) is 17.7 Å². The fraction of sp³-hybridized carbons (Fsp3) is 0.500. The summed E-state index contributed by atoms with van der Waals surface area (Å²) in [7, 11) is 1.85. The van der Waals surface area contributed by atoms with E-state index in [1.807, 2.05) is 7.05 Å². The molecule has 1 aromatic carbocycles. The van der Waals surface area contributed by atoms with Gasteiger partial charge in [-0.25, -0.2) is 0 Å². The van der Waals surface area contributed by atoms with Crippen LogP contribution in [0.15, 0.2) is 24.3 Å². The lowest BCUT2D eigenvalue weighted by Crippen LogP contribution is -2.49. The minimum absolute atomic E-state index is 0.121. The lowest BCUT2D eigenvalue weighted by atomic mass is 10.1. The van der Waals surface area contributed by atoms with Crippen LogP contribution in [0.5, 0.6) is 0 Å². The van der Waals surface area contributed by atoms with Crippen LogP contribution in [-0.2, 0) is 4.79 Å². The van der Waals surface area contributed by atoms with Gasteiger partial charge in [-0.05, 0) is 25.5 Å². The maximum absolute atomic E-state index is 12.2. The van der Waals surface area contributed by atoms with Gasteiger partial charge < -0.3 is 15.5 Å². The zero-order valence-electron chi connectivity index (χ0n) is 11.1. The molecule has 1 heterocycles. The van der Waals surface area contributed by atoms with Crippen molar-refractivity contribution in [3.05, 3.63) is 29.8 Å². The van der Waals surface area contributed by atoms with E-state index in [2.05, 4.69) is 36.1 Å². The smallest absolute Gasteiger partial charge is 0.246 e. The number of hydrogen-bond donors (Lipinski definition) is 1. The van der Waals surface area contributed by atoms with Crippen LogP contribution in [0.3, 0.4) is 0 Å².